The molecule has 5 heteroatoms. The minimum atomic E-state index is -1.52. The number of hydrogen-bond acceptors (Lipinski definition) is 3. The number of benzene rings is 2. The smallest absolute Gasteiger partial charge is 0.204 e. The lowest BCUT2D eigenvalue weighted by Gasteiger charge is -2.08. The number of phenols is 3. The number of hydrogen-bond donors (Lipinski definition) is 3. The average Bonchev–Trinajstić information content (AvgIpc) is 2.31. The maximum Gasteiger partial charge on any atom is 0.204 e. The highest BCUT2D eigenvalue weighted by Gasteiger charge is 2.18. The first-order chi connectivity index (χ1) is 8.00. The average molecular weight is 238 g/mol. The monoisotopic (exact) mass is 238 g/mol. The molecular weight excluding hydrogens is 230 g/mol. The first kappa shape index (κ1) is 11.2. The molecule has 0 saturated carbocycles. The van der Waals surface area contributed by atoms with Crippen molar-refractivity contribution in [2.45, 2.75) is 0 Å². The fourth-order valence-corrected chi connectivity index (χ4v) is 1.50. The van der Waals surface area contributed by atoms with Crippen LogP contribution in [0.1, 0.15) is 0 Å². The van der Waals surface area contributed by atoms with Crippen molar-refractivity contribution in [2.75, 3.05) is 0 Å². The van der Waals surface area contributed by atoms with Crippen LogP contribution in [-0.4, -0.2) is 15.3 Å². The zero-order valence-corrected chi connectivity index (χ0v) is 8.48. The van der Waals surface area contributed by atoms with E-state index in [0.29, 0.717) is 0 Å². The van der Waals surface area contributed by atoms with Crippen molar-refractivity contribution >= 4 is 0 Å². The highest BCUT2D eigenvalue weighted by Crippen LogP contribution is 2.37. The van der Waals surface area contributed by atoms with Crippen LogP contribution in [0.4, 0.5) is 8.78 Å². The molecule has 0 bridgehead atoms. The number of rotatable bonds is 1. The van der Waals surface area contributed by atoms with Crippen LogP contribution < -0.4 is 0 Å². The molecule has 2 rings (SSSR count). The topological polar surface area (TPSA) is 60.7 Å². The Morgan fingerprint density at radius 2 is 1.59 bits per heavy atom. The second-order valence-electron chi connectivity index (χ2n) is 3.47. The van der Waals surface area contributed by atoms with E-state index in [1.165, 1.54) is 24.3 Å². The second kappa shape index (κ2) is 3.93. The normalized spacial score (nSPS) is 10.5. The van der Waals surface area contributed by atoms with Crippen molar-refractivity contribution in [3.63, 3.8) is 0 Å². The summed E-state index contributed by atoms with van der Waals surface area (Å²) in [5.74, 6) is -4.94. The molecule has 0 aromatic heterocycles. The van der Waals surface area contributed by atoms with Gasteiger partial charge in [-0.25, -0.2) is 0 Å². The summed E-state index contributed by atoms with van der Waals surface area (Å²) in [5, 5.41) is 27.8. The molecule has 0 amide bonds. The molecule has 2 aromatic carbocycles. The van der Waals surface area contributed by atoms with Gasteiger partial charge in [-0.2, -0.15) is 8.78 Å². The highest BCUT2D eigenvalue weighted by atomic mass is 19.2. The molecule has 0 fully saturated rings. The van der Waals surface area contributed by atoms with Gasteiger partial charge >= 0.3 is 0 Å². The van der Waals surface area contributed by atoms with Gasteiger partial charge in [0.15, 0.2) is 11.5 Å². The fraction of sp³-hybridized carbons (Fsp3) is 0. The van der Waals surface area contributed by atoms with Gasteiger partial charge in [-0.1, -0.05) is 12.1 Å². The molecule has 88 valence electrons. The maximum absolute atomic E-state index is 13.2. The molecule has 0 heterocycles. The SMILES string of the molecule is Oc1cccc(-c2cc(O)c(F)c(F)c2O)c1. The first-order valence-electron chi connectivity index (χ1n) is 4.70. The Hall–Kier alpha value is -2.30. The van der Waals surface area contributed by atoms with Crippen LogP contribution in [0.2, 0.25) is 0 Å². The van der Waals surface area contributed by atoms with E-state index in [-0.39, 0.29) is 16.9 Å². The van der Waals surface area contributed by atoms with Gasteiger partial charge in [-0.15, -0.1) is 0 Å². The maximum atomic E-state index is 13.2. The van der Waals surface area contributed by atoms with Gasteiger partial charge in [0.25, 0.3) is 0 Å². The van der Waals surface area contributed by atoms with E-state index in [1.807, 2.05) is 0 Å². The van der Waals surface area contributed by atoms with Crippen LogP contribution in [0.15, 0.2) is 30.3 Å². The van der Waals surface area contributed by atoms with Crippen LogP contribution in [0, 0.1) is 11.6 Å². The van der Waals surface area contributed by atoms with E-state index in [9.17, 15) is 19.0 Å². The summed E-state index contributed by atoms with van der Waals surface area (Å²) in [7, 11) is 0. The van der Waals surface area contributed by atoms with Crippen LogP contribution in [-0.2, 0) is 0 Å². The molecule has 2 aromatic rings. The highest BCUT2D eigenvalue weighted by molar-refractivity contribution is 5.73. The third kappa shape index (κ3) is 1.87. The molecule has 3 N–H and O–H groups in total. The summed E-state index contributed by atoms with van der Waals surface area (Å²) in [6.07, 6.45) is 0. The first-order valence-corrected chi connectivity index (χ1v) is 4.70. The lowest BCUT2D eigenvalue weighted by molar-refractivity contribution is 0.376. The zero-order valence-electron chi connectivity index (χ0n) is 8.48. The third-order valence-electron chi connectivity index (χ3n) is 2.32. The molecule has 0 saturated heterocycles. The van der Waals surface area contributed by atoms with Crippen LogP contribution in [0.5, 0.6) is 17.2 Å². The quantitative estimate of drug-likeness (QED) is 0.669. The Morgan fingerprint density at radius 1 is 0.882 bits per heavy atom. The van der Waals surface area contributed by atoms with Crippen molar-refractivity contribution in [3.05, 3.63) is 42.0 Å². The minimum Gasteiger partial charge on any atom is -0.508 e. The Bertz CT molecular complexity index is 582. The summed E-state index contributed by atoms with van der Waals surface area (Å²) in [4.78, 5) is 0. The van der Waals surface area contributed by atoms with Gasteiger partial charge in [0, 0.05) is 5.56 Å². The second-order valence-corrected chi connectivity index (χ2v) is 3.47. The molecule has 0 spiro atoms. The minimum absolute atomic E-state index is 0.0916. The summed E-state index contributed by atoms with van der Waals surface area (Å²) >= 11 is 0. The summed E-state index contributed by atoms with van der Waals surface area (Å²) in [6.45, 7) is 0. The molecular formula is C12H8F2O3. The Morgan fingerprint density at radius 3 is 2.24 bits per heavy atom. The lowest BCUT2D eigenvalue weighted by Crippen LogP contribution is -1.89. The van der Waals surface area contributed by atoms with E-state index in [4.69, 9.17) is 5.11 Å². The van der Waals surface area contributed by atoms with Gasteiger partial charge in [0.05, 0.1) is 0 Å². The number of halogens is 2. The van der Waals surface area contributed by atoms with E-state index < -0.39 is 23.1 Å². The molecule has 17 heavy (non-hydrogen) atoms. The lowest BCUT2D eigenvalue weighted by atomic mass is 10.0. The zero-order chi connectivity index (χ0) is 12.6. The van der Waals surface area contributed by atoms with Crippen molar-refractivity contribution in [2.24, 2.45) is 0 Å². The molecule has 0 aliphatic heterocycles. The third-order valence-corrected chi connectivity index (χ3v) is 2.32. The van der Waals surface area contributed by atoms with Gasteiger partial charge in [-0.3, -0.25) is 0 Å². The Labute approximate surface area is 95.2 Å². The van der Waals surface area contributed by atoms with Gasteiger partial charge in [0.2, 0.25) is 11.6 Å². The molecule has 0 aliphatic carbocycles. The standard InChI is InChI=1S/C12H8F2O3/c13-10-9(16)5-8(12(17)11(10)14)6-2-1-3-7(15)4-6/h1-5,15-17H. The van der Waals surface area contributed by atoms with Gasteiger partial charge in [0.1, 0.15) is 5.75 Å². The van der Waals surface area contributed by atoms with E-state index >= 15 is 0 Å². The predicted octanol–water partition coefficient (Wildman–Crippen LogP) is 2.75. The summed E-state index contributed by atoms with van der Waals surface area (Å²) < 4.78 is 26.1. The van der Waals surface area contributed by atoms with E-state index in [2.05, 4.69) is 0 Å². The van der Waals surface area contributed by atoms with Crippen molar-refractivity contribution in [3.8, 4) is 28.4 Å². The van der Waals surface area contributed by atoms with Crippen molar-refractivity contribution in [1.82, 2.24) is 0 Å². The Kier molecular flexibility index (Phi) is 2.59. The van der Waals surface area contributed by atoms with Crippen LogP contribution in [0.3, 0.4) is 0 Å². The number of aromatic hydroxyl groups is 3. The molecule has 0 unspecified atom stereocenters. The van der Waals surface area contributed by atoms with Gasteiger partial charge in [-0.05, 0) is 23.8 Å². The number of phenolic OH excluding ortho intramolecular Hbond substituents is 3. The van der Waals surface area contributed by atoms with Crippen molar-refractivity contribution < 1.29 is 24.1 Å². The molecule has 3 nitrogen and oxygen atoms in total. The summed E-state index contributed by atoms with van der Waals surface area (Å²) in [5.41, 5.74) is 0.161. The van der Waals surface area contributed by atoms with Crippen LogP contribution >= 0.6 is 0 Å². The van der Waals surface area contributed by atoms with E-state index in [1.54, 1.807) is 0 Å². The van der Waals surface area contributed by atoms with Gasteiger partial charge < -0.3 is 15.3 Å². The predicted molar refractivity (Wildman–Crippen MR) is 56.8 cm³/mol. The van der Waals surface area contributed by atoms with E-state index in [0.717, 1.165) is 6.07 Å². The Balaban J connectivity index is 2.68. The fourth-order valence-electron chi connectivity index (χ4n) is 1.50. The molecule has 0 radical (unpaired) electrons. The van der Waals surface area contributed by atoms with Crippen molar-refractivity contribution in [1.29, 1.82) is 0 Å². The molecule has 0 atom stereocenters. The largest absolute Gasteiger partial charge is 0.508 e. The summed E-state index contributed by atoms with van der Waals surface area (Å²) in [6, 6.07) is 6.49. The van der Waals surface area contributed by atoms with Crippen LogP contribution in [0.25, 0.3) is 11.1 Å². The molecule has 0 aliphatic rings.